The molecule has 0 aliphatic carbocycles. The first kappa shape index (κ1) is 3.41. The van der Waals surface area contributed by atoms with E-state index in [2.05, 4.69) is 16.2 Å². The first-order chi connectivity index (χ1) is 3.47. The quantitative estimate of drug-likeness (QED) is 0.402. The van der Waals surface area contributed by atoms with Crippen LogP contribution in [0.15, 0.2) is 21.8 Å². The molecule has 0 atom stereocenters. The lowest BCUT2D eigenvalue weighted by Gasteiger charge is -2.06. The summed E-state index contributed by atoms with van der Waals surface area (Å²) in [5, 5.41) is 7.70. The normalized spacial score (nSPS) is 24.0. The fourth-order valence-corrected chi connectivity index (χ4v) is 0.978. The predicted octanol–water partition coefficient (Wildman–Crippen LogP) is 1.27. The maximum atomic E-state index is 3.89. The molecule has 0 radical (unpaired) electrons. The van der Waals surface area contributed by atoms with Gasteiger partial charge in [0, 0.05) is 0 Å². The Kier molecular flexibility index (Phi) is 0.472. The Morgan fingerprint density at radius 2 is 2.71 bits per heavy atom. The molecule has 0 N–H and O–H groups in total. The molecule has 0 aromatic heterocycles. The summed E-state index contributed by atoms with van der Waals surface area (Å²) in [6.45, 7) is 0.514. The van der Waals surface area contributed by atoms with Crippen LogP contribution < -0.4 is 0 Å². The van der Waals surface area contributed by atoms with Crippen LogP contribution in [0.1, 0.15) is 6.42 Å². The van der Waals surface area contributed by atoms with E-state index in [1.165, 1.54) is 18.3 Å². The number of nitrogens with zero attached hydrogens (tertiary/aromatic N) is 2. The topological polar surface area (TPSA) is 24.7 Å². The fraction of sp³-hybridized carbons (Fsp3) is 0.500. The van der Waals surface area contributed by atoms with Crippen LogP contribution in [0.4, 0.5) is 0 Å². The van der Waals surface area contributed by atoms with Gasteiger partial charge in [-0.1, -0.05) is 6.08 Å². The predicted molar refractivity (Wildman–Crippen MR) is 28.1 cm³/mol. The van der Waals surface area contributed by atoms with E-state index in [9.17, 15) is 0 Å². The van der Waals surface area contributed by atoms with E-state index in [0.29, 0.717) is 6.85 Å². The van der Waals surface area contributed by atoms with Crippen LogP contribution in [0, 0.1) is 0 Å². The van der Waals surface area contributed by atoms with Crippen LogP contribution in [0.2, 0.25) is 6.32 Å². The Labute approximate surface area is 42.4 Å². The van der Waals surface area contributed by atoms with E-state index in [1.54, 1.807) is 0 Å². The van der Waals surface area contributed by atoms with Gasteiger partial charge in [-0.2, -0.15) is 5.11 Å². The van der Waals surface area contributed by atoms with Crippen molar-refractivity contribution < 1.29 is 0 Å². The molecule has 0 amide bonds. The zero-order valence-corrected chi connectivity index (χ0v) is 3.96. The molecule has 2 aliphatic rings. The van der Waals surface area contributed by atoms with Crippen molar-refractivity contribution in [3.8, 4) is 0 Å². The Morgan fingerprint density at radius 1 is 1.71 bits per heavy atom. The molecule has 2 nitrogen and oxygen atoms in total. The highest BCUT2D eigenvalue weighted by Crippen LogP contribution is 2.27. The van der Waals surface area contributed by atoms with E-state index >= 15 is 0 Å². The summed E-state index contributed by atoms with van der Waals surface area (Å²) in [7, 11) is 0. The molecule has 0 aromatic carbocycles. The van der Waals surface area contributed by atoms with Gasteiger partial charge in [-0.25, -0.2) is 5.03 Å². The van der Waals surface area contributed by atoms with E-state index < -0.39 is 0 Å². The number of rotatable bonds is 0. The maximum absolute atomic E-state index is 3.89. The third-order valence-electron chi connectivity index (χ3n) is 1.45. The molecule has 0 unspecified atom stereocenters. The highest BCUT2D eigenvalue weighted by atomic mass is 15.1. The molecule has 0 spiro atoms. The molecular formula is C4H5BN2. The summed E-state index contributed by atoms with van der Waals surface area (Å²) >= 11 is 0. The zero-order valence-electron chi connectivity index (χ0n) is 3.96. The van der Waals surface area contributed by atoms with Gasteiger partial charge in [0.05, 0.1) is 5.60 Å². The Hall–Kier alpha value is -0.595. The second-order valence-corrected chi connectivity index (χ2v) is 1.94. The Balaban J connectivity index is 2.38. The molecule has 3 heteroatoms. The lowest BCUT2D eigenvalue weighted by atomic mass is 9.58. The highest BCUT2D eigenvalue weighted by Gasteiger charge is 2.30. The fourth-order valence-electron chi connectivity index (χ4n) is 0.978. The van der Waals surface area contributed by atoms with Crippen molar-refractivity contribution in [3.63, 3.8) is 0 Å². The van der Waals surface area contributed by atoms with Crippen LogP contribution in [-0.4, -0.2) is 6.85 Å². The summed E-state index contributed by atoms with van der Waals surface area (Å²) in [6, 6.07) is 0. The van der Waals surface area contributed by atoms with Gasteiger partial charge in [-0.15, -0.1) is 0 Å². The molecule has 2 rings (SSSR count). The average molecular weight is 91.9 g/mol. The largest absolute Gasteiger partial charge is 0.362 e. The van der Waals surface area contributed by atoms with E-state index in [0.717, 1.165) is 0 Å². The van der Waals surface area contributed by atoms with Crippen LogP contribution >= 0.6 is 0 Å². The summed E-state index contributed by atoms with van der Waals surface area (Å²) < 4.78 is 0. The van der Waals surface area contributed by atoms with Gasteiger partial charge >= 0.3 is 6.85 Å². The van der Waals surface area contributed by atoms with Gasteiger partial charge in [0.15, 0.2) is 0 Å². The number of fused-ring (bicyclic) bond motifs is 1. The second-order valence-electron chi connectivity index (χ2n) is 1.94. The average Bonchev–Trinajstić information content (AvgIpc) is 1.85. The number of hydrogen-bond donors (Lipinski definition) is 0. The van der Waals surface area contributed by atoms with E-state index in [-0.39, 0.29) is 0 Å². The van der Waals surface area contributed by atoms with Crippen molar-refractivity contribution in [1.29, 1.82) is 0 Å². The lowest BCUT2D eigenvalue weighted by molar-refractivity contribution is 1.16. The molecule has 2 heterocycles. The SMILES string of the molecule is C1=C2N=NB2CC1. The smallest absolute Gasteiger partial charge is 0.246 e. The standard InChI is InChI=1S/C4H5BN2/c1-2-4-5(3-1)7-6-4/h2H,1,3H2. The van der Waals surface area contributed by atoms with Crippen molar-refractivity contribution >= 4 is 6.85 Å². The minimum Gasteiger partial charge on any atom is -0.246 e. The molecule has 0 bridgehead atoms. The van der Waals surface area contributed by atoms with E-state index in [1.807, 2.05) is 0 Å². The van der Waals surface area contributed by atoms with Gasteiger partial charge in [-0.05, 0) is 12.7 Å². The number of allylic oxidation sites excluding steroid dienone is 1. The monoisotopic (exact) mass is 92.1 g/mol. The van der Waals surface area contributed by atoms with Gasteiger partial charge in [0.2, 0.25) is 0 Å². The Morgan fingerprint density at radius 3 is 3.00 bits per heavy atom. The molecule has 34 valence electrons. The van der Waals surface area contributed by atoms with Crippen molar-refractivity contribution in [2.45, 2.75) is 12.7 Å². The maximum Gasteiger partial charge on any atom is 0.362 e. The van der Waals surface area contributed by atoms with Crippen molar-refractivity contribution in [2.75, 3.05) is 0 Å². The summed E-state index contributed by atoms with van der Waals surface area (Å²) in [4.78, 5) is 0. The van der Waals surface area contributed by atoms with Crippen molar-refractivity contribution in [1.82, 2.24) is 0 Å². The summed E-state index contributed by atoms with van der Waals surface area (Å²) in [6.07, 6.45) is 4.56. The van der Waals surface area contributed by atoms with Gasteiger partial charge in [0.25, 0.3) is 0 Å². The van der Waals surface area contributed by atoms with Crippen molar-refractivity contribution in [3.05, 3.63) is 11.7 Å². The summed E-state index contributed by atoms with van der Waals surface area (Å²) in [5.74, 6) is 0. The van der Waals surface area contributed by atoms with E-state index in [4.69, 9.17) is 0 Å². The van der Waals surface area contributed by atoms with Crippen LogP contribution in [0.25, 0.3) is 0 Å². The molecule has 0 fully saturated rings. The van der Waals surface area contributed by atoms with Crippen molar-refractivity contribution in [2.24, 2.45) is 10.1 Å². The van der Waals surface area contributed by atoms with Crippen LogP contribution in [0.5, 0.6) is 0 Å². The second kappa shape index (κ2) is 0.969. The molecule has 0 saturated heterocycles. The minimum absolute atomic E-state index is 0.514. The lowest BCUT2D eigenvalue weighted by Crippen LogP contribution is -2.13. The third-order valence-corrected chi connectivity index (χ3v) is 1.45. The minimum atomic E-state index is 0.514. The van der Waals surface area contributed by atoms with Gasteiger partial charge < -0.3 is 0 Å². The summed E-state index contributed by atoms with van der Waals surface area (Å²) in [5.41, 5.74) is 1.22. The van der Waals surface area contributed by atoms with Gasteiger partial charge in [0.1, 0.15) is 0 Å². The Bertz CT molecular complexity index is 150. The molecule has 0 aromatic rings. The zero-order chi connectivity index (χ0) is 4.69. The number of hydrogen-bond acceptors (Lipinski definition) is 2. The van der Waals surface area contributed by atoms with Crippen LogP contribution in [-0.2, 0) is 0 Å². The third kappa shape index (κ3) is 0.302. The highest BCUT2D eigenvalue weighted by molar-refractivity contribution is 6.67. The first-order valence-corrected chi connectivity index (χ1v) is 2.58. The first-order valence-electron chi connectivity index (χ1n) is 2.58. The van der Waals surface area contributed by atoms with Gasteiger partial charge in [-0.3, -0.25) is 0 Å². The molecule has 7 heavy (non-hydrogen) atoms. The van der Waals surface area contributed by atoms with Crippen LogP contribution in [0.3, 0.4) is 0 Å². The molecular weight excluding hydrogens is 86.9 g/mol. The molecule has 0 saturated carbocycles. The molecule has 2 aliphatic heterocycles.